The number of hydrogen-bond donors (Lipinski definition) is 0. The molecule has 0 aliphatic carbocycles. The van der Waals surface area contributed by atoms with E-state index in [2.05, 4.69) is 156 Å². The third kappa shape index (κ3) is 7.93. The Labute approximate surface area is 451 Å². The molecule has 2 aromatic heterocycles. The molecule has 0 radical (unpaired) electrons. The molecule has 292 valence electrons. The first-order chi connectivity index (χ1) is 29.7. The first-order valence-corrected chi connectivity index (χ1v) is 23.0. The molecule has 0 N–H and O–H groups in total. The Balaban J connectivity index is 0.00000245. The molecule has 0 amide bonds. The Bertz CT molecular complexity index is 3020. The molecule has 11 rings (SSSR count). The van der Waals surface area contributed by atoms with Gasteiger partial charge in [0.15, 0.2) is 0 Å². The van der Waals surface area contributed by atoms with E-state index in [1.54, 1.807) is 0 Å². The molecule has 0 spiro atoms. The molecular weight excluding hydrogens is 909 g/mol. The minimum absolute atomic E-state index is 0. The summed E-state index contributed by atoms with van der Waals surface area (Å²) in [4.78, 5) is 1.15. The van der Waals surface area contributed by atoms with Gasteiger partial charge in [-0.1, -0.05) is 121 Å². The van der Waals surface area contributed by atoms with Crippen molar-refractivity contribution in [3.8, 4) is 0 Å². The fourth-order valence-electron chi connectivity index (χ4n) is 8.62. The molecule has 0 bridgehead atoms. The SMILES string of the molecule is [K+].[K+].[O-]OOSc1ccc2oc3ccc(P(c4ccccc4)c4ccccc4)c4c5c(P(c6ccccc6)c6ccccc6)ccc6oc7ccc(SOO[O-])c(c1c2c34)c7c65. The second-order valence-electron chi connectivity index (χ2n) is 13.9. The van der Waals surface area contributed by atoms with Crippen molar-refractivity contribution in [2.75, 3.05) is 0 Å². The zero-order valence-corrected chi connectivity index (χ0v) is 42.8. The smallest absolute Gasteiger partial charge is 0.691 e. The number of benzene rings is 8. The predicted octanol–water partition coefficient (Wildman–Crippen LogP) is 3.22. The van der Waals surface area contributed by atoms with Crippen molar-refractivity contribution >= 4 is 137 Å². The molecule has 0 fully saturated rings. The first kappa shape index (κ1) is 45.1. The van der Waals surface area contributed by atoms with Gasteiger partial charge in [-0.25, -0.2) is 0 Å². The van der Waals surface area contributed by atoms with Gasteiger partial charge in [-0.3, -0.25) is 10.1 Å². The van der Waals surface area contributed by atoms with E-state index < -0.39 is 15.8 Å². The molecule has 0 unspecified atom stereocenters. The average Bonchev–Trinajstić information content (AvgIpc) is 3.87. The quantitative estimate of drug-likeness (QED) is 0.0597. The van der Waals surface area contributed by atoms with E-state index in [1.165, 1.54) is 21.2 Å². The van der Waals surface area contributed by atoms with Crippen LogP contribution in [0.3, 0.4) is 0 Å². The number of fused-ring (bicyclic) bond motifs is 2. The van der Waals surface area contributed by atoms with Crippen molar-refractivity contribution in [2.24, 2.45) is 0 Å². The van der Waals surface area contributed by atoms with Crippen LogP contribution in [0.4, 0.5) is 0 Å². The Morgan fingerprint density at radius 3 is 0.935 bits per heavy atom. The minimum Gasteiger partial charge on any atom is -0.691 e. The van der Waals surface area contributed by atoms with Crippen LogP contribution < -0.4 is 145 Å². The molecule has 8 nitrogen and oxygen atoms in total. The summed E-state index contributed by atoms with van der Waals surface area (Å²) >= 11 is 1.60. The van der Waals surface area contributed by atoms with Crippen LogP contribution >= 0.6 is 39.9 Å². The van der Waals surface area contributed by atoms with Crippen molar-refractivity contribution in [3.05, 3.63) is 170 Å². The third-order valence-electron chi connectivity index (χ3n) is 10.8. The third-order valence-corrected chi connectivity index (χ3v) is 17.1. The van der Waals surface area contributed by atoms with Gasteiger partial charge in [-0.15, -0.1) is 0 Å². The van der Waals surface area contributed by atoms with Gasteiger partial charge in [0.25, 0.3) is 0 Å². The molecule has 0 saturated carbocycles. The van der Waals surface area contributed by atoms with Gasteiger partial charge in [0, 0.05) is 52.9 Å². The molecule has 11 aromatic rings. The molecular formula is C48H28K2O8P2S2. The molecule has 0 saturated heterocycles. The molecule has 0 aliphatic rings. The van der Waals surface area contributed by atoms with Crippen LogP contribution in [0.25, 0.3) is 65.4 Å². The standard InChI is InChI=1S/C48H30O8P2S2.2K/c49-53-55-59-39-27-23-35-43-41-33(51-35)21-25-37(57(29-13-5-1-6-14-29)30-15-7-2-8-16-30)45(41)46-38(58(31-17-9-3-10-18-31)32-19-11-4-12-20-32)26-22-34-42(46)44-36(52-34)24-28-40(60-56-54-50)48(44)47(39)43;;/h1-28,49-50H;;/q;2*+1/p-2. The van der Waals surface area contributed by atoms with Crippen molar-refractivity contribution in [1.29, 1.82) is 0 Å². The van der Waals surface area contributed by atoms with Crippen molar-refractivity contribution < 1.29 is 141 Å². The van der Waals surface area contributed by atoms with Crippen LogP contribution in [0.15, 0.2) is 188 Å². The first-order valence-electron chi connectivity index (χ1n) is 18.9. The van der Waals surface area contributed by atoms with Crippen LogP contribution in [0.1, 0.15) is 0 Å². The van der Waals surface area contributed by atoms with Crippen LogP contribution in [-0.4, -0.2) is 0 Å². The van der Waals surface area contributed by atoms with Crippen LogP contribution in [0.5, 0.6) is 0 Å². The van der Waals surface area contributed by atoms with Gasteiger partial charge < -0.3 is 19.3 Å². The summed E-state index contributed by atoms with van der Waals surface area (Å²) in [6.45, 7) is 0. The fraction of sp³-hybridized carbons (Fsp3) is 0. The average molecular weight is 937 g/mol. The second kappa shape index (κ2) is 19.8. The maximum atomic E-state index is 11.4. The molecule has 14 heteroatoms. The zero-order valence-electron chi connectivity index (χ0n) is 33.1. The van der Waals surface area contributed by atoms with Crippen LogP contribution in [0, 0.1) is 0 Å². The Morgan fingerprint density at radius 1 is 0.339 bits per heavy atom. The minimum atomic E-state index is -1.17. The van der Waals surface area contributed by atoms with Crippen molar-refractivity contribution in [3.63, 3.8) is 0 Å². The number of furan rings is 2. The zero-order chi connectivity index (χ0) is 40.2. The van der Waals surface area contributed by atoms with Gasteiger partial charge >= 0.3 is 103 Å². The Morgan fingerprint density at radius 2 is 0.629 bits per heavy atom. The number of rotatable bonds is 12. The summed E-state index contributed by atoms with van der Waals surface area (Å²) in [5.74, 6) is 0. The Kier molecular flexibility index (Phi) is 14.4. The van der Waals surface area contributed by atoms with Gasteiger partial charge in [0.1, 0.15) is 22.3 Å². The summed E-state index contributed by atoms with van der Waals surface area (Å²) < 4.78 is 23.8. The van der Waals surface area contributed by atoms with E-state index in [4.69, 9.17) is 17.5 Å². The maximum absolute atomic E-state index is 11.4. The fourth-order valence-corrected chi connectivity index (χ4v) is 14.6. The maximum Gasteiger partial charge on any atom is 1.00 e. The van der Waals surface area contributed by atoms with E-state index in [0.29, 0.717) is 42.9 Å². The predicted molar refractivity (Wildman–Crippen MR) is 241 cm³/mol. The summed E-state index contributed by atoms with van der Waals surface area (Å²) in [5.41, 5.74) is 2.61. The molecule has 0 aliphatic heterocycles. The summed E-state index contributed by atoms with van der Waals surface area (Å²) in [5, 5.41) is 44.6. The van der Waals surface area contributed by atoms with Crippen LogP contribution in [-0.2, 0) is 18.7 Å². The molecule has 0 atom stereocenters. The summed E-state index contributed by atoms with van der Waals surface area (Å²) in [7, 11) is -2.34. The van der Waals surface area contributed by atoms with Gasteiger partial charge in [0.2, 0.25) is 0 Å². The van der Waals surface area contributed by atoms with Crippen molar-refractivity contribution in [1.82, 2.24) is 0 Å². The van der Waals surface area contributed by atoms with Crippen LogP contribution in [0.2, 0.25) is 0 Å². The molecule has 9 aromatic carbocycles. The number of hydrogen-bond acceptors (Lipinski definition) is 10. The Hall–Kier alpha value is -2.05. The van der Waals surface area contributed by atoms with E-state index in [9.17, 15) is 10.5 Å². The van der Waals surface area contributed by atoms with Gasteiger partial charge in [0.05, 0.1) is 24.1 Å². The molecule has 2 heterocycles. The van der Waals surface area contributed by atoms with E-state index in [-0.39, 0.29) is 103 Å². The van der Waals surface area contributed by atoms with Gasteiger partial charge in [-0.05, 0) is 96.2 Å². The van der Waals surface area contributed by atoms with E-state index >= 15 is 0 Å². The normalized spacial score (nSPS) is 11.8. The van der Waals surface area contributed by atoms with E-state index in [0.717, 1.165) is 67.0 Å². The monoisotopic (exact) mass is 936 g/mol. The summed E-state index contributed by atoms with van der Waals surface area (Å²) in [6, 6.07) is 58.7. The largest absolute Gasteiger partial charge is 1.00 e. The summed E-state index contributed by atoms with van der Waals surface area (Å²) in [6.07, 6.45) is 0. The molecule has 62 heavy (non-hydrogen) atoms. The topological polar surface area (TPSA) is 109 Å². The second-order valence-corrected chi connectivity index (χ2v) is 19.8. The van der Waals surface area contributed by atoms with Gasteiger partial charge in [-0.2, -0.15) is 8.67 Å². The van der Waals surface area contributed by atoms with Crippen molar-refractivity contribution in [2.45, 2.75) is 9.79 Å². The van der Waals surface area contributed by atoms with E-state index in [1.807, 2.05) is 24.3 Å².